The number of carbonyl (C=O) groups is 2. The van der Waals surface area contributed by atoms with Crippen molar-refractivity contribution in [3.05, 3.63) is 41.4 Å². The van der Waals surface area contributed by atoms with Gasteiger partial charge in [0.25, 0.3) is 5.92 Å². The smallest absolute Gasteiger partial charge is 0.317 e. The number of halogens is 4. The summed E-state index contributed by atoms with van der Waals surface area (Å²) in [5, 5.41) is 9.39. The minimum atomic E-state index is -2.71. The Morgan fingerprint density at radius 3 is 2.58 bits per heavy atom. The number of nitrogens with one attached hydrogen (secondary N) is 2. The lowest BCUT2D eigenvalue weighted by atomic mass is 9.84. The van der Waals surface area contributed by atoms with Crippen molar-refractivity contribution < 1.29 is 27.2 Å². The van der Waals surface area contributed by atoms with Crippen molar-refractivity contribution in [2.45, 2.75) is 64.3 Å². The molecule has 3 aliphatic rings. The maximum absolute atomic E-state index is 13.7. The molecule has 1 aliphatic heterocycles. The van der Waals surface area contributed by atoms with E-state index in [1.54, 1.807) is 43.0 Å². The maximum atomic E-state index is 13.7. The molecule has 3 fully saturated rings. The number of fused-ring (bicyclic) bond motifs is 2. The summed E-state index contributed by atoms with van der Waals surface area (Å²) in [7, 11) is 1.62. The highest BCUT2D eigenvalue weighted by Crippen LogP contribution is 2.55. The molecule has 5 rings (SSSR count). The third-order valence-corrected chi connectivity index (χ3v) is 7.70. The molecule has 8 nitrogen and oxygen atoms in total. The Bertz CT molecular complexity index is 1200. The summed E-state index contributed by atoms with van der Waals surface area (Å²) in [6.07, 6.45) is 6.60. The van der Waals surface area contributed by atoms with Crippen LogP contribution in [0.3, 0.4) is 0 Å². The Morgan fingerprint density at radius 2 is 1.95 bits per heavy atom. The molecule has 1 saturated heterocycles. The van der Waals surface area contributed by atoms with Gasteiger partial charge in [-0.05, 0) is 50.7 Å². The number of amides is 3. The summed E-state index contributed by atoms with van der Waals surface area (Å²) in [5.41, 5.74) is 2.85. The van der Waals surface area contributed by atoms with Gasteiger partial charge in [0.05, 0.1) is 29.9 Å². The molecule has 2 unspecified atom stereocenters. The Kier molecular flexibility index (Phi) is 7.98. The fraction of sp³-hybridized carbons (Fsp3) is 0.615. The molecule has 2 N–H and O–H groups in total. The normalized spacial score (nSPS) is 24.6. The first-order chi connectivity index (χ1) is 17.9. The van der Waals surface area contributed by atoms with Crippen LogP contribution in [0, 0.1) is 17.8 Å². The average Bonchev–Trinajstić information content (AvgIpc) is 3.23. The zero-order valence-corrected chi connectivity index (χ0v) is 21.8. The van der Waals surface area contributed by atoms with Gasteiger partial charge in [-0.15, -0.1) is 0 Å². The van der Waals surface area contributed by atoms with Gasteiger partial charge in [0.2, 0.25) is 11.8 Å². The number of urea groups is 1. The van der Waals surface area contributed by atoms with Crippen molar-refractivity contribution in [2.24, 2.45) is 17.8 Å². The number of imidazole rings is 1. The quantitative estimate of drug-likeness (QED) is 0.441. The molecule has 2 saturated carbocycles. The van der Waals surface area contributed by atoms with Crippen LogP contribution in [0.25, 0.3) is 5.65 Å². The van der Waals surface area contributed by atoms with Crippen LogP contribution in [-0.2, 0) is 17.8 Å². The lowest BCUT2D eigenvalue weighted by Crippen LogP contribution is -2.40. The molecule has 2 aliphatic carbocycles. The maximum Gasteiger partial charge on any atom is 0.317 e. The molecule has 0 spiro atoms. The first kappa shape index (κ1) is 27.8. The van der Waals surface area contributed by atoms with E-state index in [2.05, 4.69) is 20.7 Å². The summed E-state index contributed by atoms with van der Waals surface area (Å²) in [5.74, 6) is -6.66. The molecule has 12 heteroatoms. The predicted molar refractivity (Wildman–Crippen MR) is 133 cm³/mol. The zero-order valence-electron chi connectivity index (χ0n) is 21.8. The van der Waals surface area contributed by atoms with Gasteiger partial charge in [0.1, 0.15) is 0 Å². The van der Waals surface area contributed by atoms with E-state index in [1.807, 2.05) is 6.92 Å². The third kappa shape index (κ3) is 6.27. The molecular weight excluding hydrogens is 504 g/mol. The monoisotopic (exact) mass is 538 g/mol. The molecule has 3 heterocycles. The molecule has 3 amide bonds. The van der Waals surface area contributed by atoms with Gasteiger partial charge in [-0.25, -0.2) is 31.9 Å². The second-order valence-corrected chi connectivity index (χ2v) is 10.4. The number of nitrogens with zero attached hydrogens (tertiary/aromatic N) is 4. The van der Waals surface area contributed by atoms with E-state index >= 15 is 0 Å². The van der Waals surface area contributed by atoms with E-state index in [-0.39, 0.29) is 50.3 Å². The fourth-order valence-corrected chi connectivity index (χ4v) is 5.05. The van der Waals surface area contributed by atoms with Gasteiger partial charge in [-0.3, -0.25) is 4.79 Å². The van der Waals surface area contributed by atoms with Gasteiger partial charge in [0.15, 0.2) is 5.65 Å². The highest BCUT2D eigenvalue weighted by Gasteiger charge is 2.69. The minimum Gasteiger partial charge on any atom is -0.355 e. The van der Waals surface area contributed by atoms with E-state index in [4.69, 9.17) is 0 Å². The van der Waals surface area contributed by atoms with Crippen LogP contribution in [0.5, 0.6) is 0 Å². The van der Waals surface area contributed by atoms with Crippen molar-refractivity contribution in [1.82, 2.24) is 30.1 Å². The van der Waals surface area contributed by atoms with Crippen molar-refractivity contribution in [3.8, 4) is 0 Å². The van der Waals surface area contributed by atoms with Gasteiger partial charge < -0.3 is 15.5 Å². The van der Waals surface area contributed by atoms with Crippen LogP contribution in [0.1, 0.15) is 50.8 Å². The van der Waals surface area contributed by atoms with E-state index in [9.17, 15) is 27.2 Å². The van der Waals surface area contributed by atoms with Gasteiger partial charge in [-0.1, -0.05) is 6.08 Å². The van der Waals surface area contributed by atoms with Crippen molar-refractivity contribution in [1.29, 1.82) is 0 Å². The highest BCUT2D eigenvalue weighted by molar-refractivity contribution is 5.92. The summed E-state index contributed by atoms with van der Waals surface area (Å²) in [6.45, 7) is 3.81. The van der Waals surface area contributed by atoms with E-state index in [0.29, 0.717) is 30.5 Å². The van der Waals surface area contributed by atoms with E-state index in [1.165, 1.54) is 4.90 Å². The third-order valence-electron chi connectivity index (χ3n) is 7.70. The number of rotatable bonds is 5. The van der Waals surface area contributed by atoms with Crippen molar-refractivity contribution in [2.75, 3.05) is 20.1 Å². The fourth-order valence-electron chi connectivity index (χ4n) is 5.05. The first-order valence-electron chi connectivity index (χ1n) is 12.9. The second-order valence-electron chi connectivity index (χ2n) is 10.4. The van der Waals surface area contributed by atoms with Crippen LogP contribution in [0.15, 0.2) is 30.1 Å². The minimum absolute atomic E-state index is 0.000994. The number of hydrogen-bond donors (Lipinski definition) is 2. The number of allylic oxidation sites excluding steroid dienone is 1. The zero-order chi connectivity index (χ0) is 27.7. The second kappa shape index (κ2) is 10.9. The molecule has 2 aromatic rings. The van der Waals surface area contributed by atoms with Crippen LogP contribution in [-0.4, -0.2) is 63.4 Å². The average molecular weight is 539 g/mol. The summed E-state index contributed by atoms with van der Waals surface area (Å²) in [4.78, 5) is 28.7. The summed E-state index contributed by atoms with van der Waals surface area (Å²) >= 11 is 0. The number of likely N-dealkylation sites (N-methyl/N-ethyl adjacent to an activating group) is 1. The highest BCUT2D eigenvalue weighted by atomic mass is 19.3. The molecule has 0 aromatic carbocycles. The molecule has 0 bridgehead atoms. The van der Waals surface area contributed by atoms with E-state index < -0.39 is 23.7 Å². The lowest BCUT2D eigenvalue weighted by Gasteiger charge is -2.27. The van der Waals surface area contributed by atoms with Crippen LogP contribution in [0.4, 0.5) is 22.4 Å². The molecule has 0 radical (unpaired) electrons. The summed E-state index contributed by atoms with van der Waals surface area (Å²) in [6, 6.07) is 1.43. The van der Waals surface area contributed by atoms with Gasteiger partial charge in [0, 0.05) is 45.1 Å². The van der Waals surface area contributed by atoms with Crippen molar-refractivity contribution >= 4 is 17.6 Å². The van der Waals surface area contributed by atoms with E-state index in [0.717, 1.165) is 11.3 Å². The SMILES string of the molecule is C/C=C(\C)C(=O)NC.O=C1NCC2C(CN1Cc1cnn3cc(CC4CCC(F)(F)CC4)nc3c1)C2(F)F. The Morgan fingerprint density at radius 1 is 1.24 bits per heavy atom. The number of hydrogen-bond acceptors (Lipinski definition) is 4. The van der Waals surface area contributed by atoms with Crippen LogP contribution >= 0.6 is 0 Å². The van der Waals surface area contributed by atoms with Crippen LogP contribution in [0.2, 0.25) is 0 Å². The standard InChI is InChI=1S/C20H23F4N5O.C6H11NO/c21-19(22)3-1-12(2-4-19)5-14-10-29-17(27-14)6-13(7-26-29)9-28-11-16-15(20(16,23)24)8-25-18(28)30;1-4-5(2)6(8)7-3/h6-7,10,12,15-16H,1-5,8-9,11H2,(H,25,30);4H,1-3H3,(H,7,8)/b;5-4+. The first-order valence-corrected chi connectivity index (χ1v) is 12.9. The largest absolute Gasteiger partial charge is 0.355 e. The number of aromatic nitrogens is 3. The number of alkyl halides is 4. The Hall–Kier alpha value is -3.18. The molecule has 2 aromatic heterocycles. The molecule has 208 valence electrons. The van der Waals surface area contributed by atoms with Crippen LogP contribution < -0.4 is 10.6 Å². The summed E-state index contributed by atoms with van der Waals surface area (Å²) < 4.78 is 55.7. The molecule has 38 heavy (non-hydrogen) atoms. The lowest BCUT2D eigenvalue weighted by molar-refractivity contribution is -0.117. The topological polar surface area (TPSA) is 91.6 Å². The van der Waals surface area contributed by atoms with Gasteiger partial charge >= 0.3 is 6.03 Å². The molecular formula is C26H34F4N6O2. The Balaban J connectivity index is 0.000000368. The molecule has 2 atom stereocenters. The van der Waals surface area contributed by atoms with Crippen molar-refractivity contribution in [3.63, 3.8) is 0 Å². The Labute approximate surface area is 218 Å². The number of carbonyl (C=O) groups excluding carboxylic acids is 2. The predicted octanol–water partition coefficient (Wildman–Crippen LogP) is 4.20. The van der Waals surface area contributed by atoms with Gasteiger partial charge in [-0.2, -0.15) is 5.10 Å².